The molecule has 2 aromatic carbocycles. The topological polar surface area (TPSA) is 35.5 Å². The van der Waals surface area contributed by atoms with Gasteiger partial charge in [0.05, 0.1) is 5.56 Å². The molecule has 0 fully saturated rings. The monoisotopic (exact) mass is 354 g/mol. The molecule has 0 spiro atoms. The summed E-state index contributed by atoms with van der Waals surface area (Å²) in [5.74, 6) is -1.25. The van der Waals surface area contributed by atoms with Crippen molar-refractivity contribution in [3.8, 4) is 11.5 Å². The third kappa shape index (κ3) is 2.63. The van der Waals surface area contributed by atoms with Gasteiger partial charge in [-0.25, -0.2) is 8.78 Å². The molecule has 1 aliphatic heterocycles. The molecule has 0 aromatic heterocycles. The van der Waals surface area contributed by atoms with Gasteiger partial charge in [0.2, 0.25) is 0 Å². The second kappa shape index (κ2) is 5.44. The zero-order valence-corrected chi connectivity index (χ0v) is 12.2. The normalized spacial score (nSPS) is 13.1. The summed E-state index contributed by atoms with van der Waals surface area (Å²) in [6.07, 6.45) is 0. The Balaban J connectivity index is 2.05. The molecule has 0 N–H and O–H groups in total. The van der Waals surface area contributed by atoms with Gasteiger partial charge in [-0.05, 0) is 40.2 Å². The summed E-state index contributed by atoms with van der Waals surface area (Å²) in [5, 5.41) is 0. The Hall–Kier alpha value is -1.95. The summed E-state index contributed by atoms with van der Waals surface area (Å²) < 4.78 is 37.9. The van der Waals surface area contributed by atoms with Gasteiger partial charge < -0.3 is 9.47 Å². The average Bonchev–Trinajstić information content (AvgIpc) is 2.46. The molecule has 6 heteroatoms. The molecule has 0 saturated carbocycles. The third-order valence-corrected chi connectivity index (χ3v) is 3.71. The minimum absolute atomic E-state index is 0.200. The maximum atomic E-state index is 13.7. The second-order valence-electron chi connectivity index (χ2n) is 4.43. The molecule has 0 radical (unpaired) electrons. The van der Waals surface area contributed by atoms with Crippen molar-refractivity contribution in [1.82, 2.24) is 0 Å². The third-order valence-electron chi connectivity index (χ3n) is 3.05. The van der Waals surface area contributed by atoms with Crippen LogP contribution in [0, 0.1) is 11.6 Å². The van der Waals surface area contributed by atoms with Gasteiger partial charge in [-0.3, -0.25) is 4.79 Å². The number of halogens is 3. The first-order chi connectivity index (χ1) is 10.1. The number of carbonyl (C=O) groups is 1. The van der Waals surface area contributed by atoms with Crippen LogP contribution in [0.5, 0.6) is 11.5 Å². The Morgan fingerprint density at radius 2 is 1.67 bits per heavy atom. The predicted molar refractivity (Wildman–Crippen MR) is 74.9 cm³/mol. The van der Waals surface area contributed by atoms with Gasteiger partial charge in [-0.1, -0.05) is 0 Å². The van der Waals surface area contributed by atoms with Gasteiger partial charge in [0.15, 0.2) is 17.3 Å². The molecule has 1 aliphatic rings. The van der Waals surface area contributed by atoms with Crippen molar-refractivity contribution < 1.29 is 23.0 Å². The number of hydrogen-bond donors (Lipinski definition) is 0. The van der Waals surface area contributed by atoms with Gasteiger partial charge in [-0.15, -0.1) is 0 Å². The van der Waals surface area contributed by atoms with E-state index in [0.717, 1.165) is 12.1 Å². The van der Waals surface area contributed by atoms with Crippen LogP contribution < -0.4 is 9.47 Å². The van der Waals surface area contributed by atoms with Crippen molar-refractivity contribution >= 4 is 21.7 Å². The van der Waals surface area contributed by atoms with Crippen LogP contribution in [0.4, 0.5) is 8.78 Å². The van der Waals surface area contributed by atoms with Crippen molar-refractivity contribution in [2.75, 3.05) is 13.2 Å². The highest BCUT2D eigenvalue weighted by molar-refractivity contribution is 9.10. The van der Waals surface area contributed by atoms with Crippen LogP contribution >= 0.6 is 15.9 Å². The molecule has 0 bridgehead atoms. The van der Waals surface area contributed by atoms with Crippen LogP contribution in [0.2, 0.25) is 0 Å². The average molecular weight is 355 g/mol. The van der Waals surface area contributed by atoms with Crippen LogP contribution in [-0.2, 0) is 0 Å². The van der Waals surface area contributed by atoms with E-state index >= 15 is 0 Å². The minimum Gasteiger partial charge on any atom is -0.486 e. The maximum absolute atomic E-state index is 13.7. The summed E-state index contributed by atoms with van der Waals surface area (Å²) in [7, 11) is 0. The number of hydrogen-bond acceptors (Lipinski definition) is 3. The van der Waals surface area contributed by atoms with Crippen LogP contribution in [0.1, 0.15) is 15.9 Å². The SMILES string of the molecule is O=C(c1ccc(F)cc1F)c1cc2c(cc1Br)OCCO2. The number of ether oxygens (including phenoxy) is 2. The van der Waals surface area contributed by atoms with Crippen molar-refractivity contribution in [2.24, 2.45) is 0 Å². The van der Waals surface area contributed by atoms with Gasteiger partial charge >= 0.3 is 0 Å². The number of ketones is 1. The Labute approximate surface area is 127 Å². The summed E-state index contributed by atoms with van der Waals surface area (Å²) in [4.78, 5) is 12.4. The first-order valence-electron chi connectivity index (χ1n) is 6.15. The molecule has 21 heavy (non-hydrogen) atoms. The lowest BCUT2D eigenvalue weighted by Gasteiger charge is -2.19. The number of rotatable bonds is 2. The van der Waals surface area contributed by atoms with Crippen molar-refractivity contribution in [3.63, 3.8) is 0 Å². The summed E-state index contributed by atoms with van der Waals surface area (Å²) in [6, 6.07) is 5.94. The lowest BCUT2D eigenvalue weighted by Crippen LogP contribution is -2.16. The molecular weight excluding hydrogens is 346 g/mol. The molecule has 3 rings (SSSR count). The van der Waals surface area contributed by atoms with E-state index in [9.17, 15) is 13.6 Å². The van der Waals surface area contributed by atoms with E-state index < -0.39 is 17.4 Å². The van der Waals surface area contributed by atoms with Gasteiger partial charge in [0.1, 0.15) is 24.8 Å². The fourth-order valence-corrected chi connectivity index (χ4v) is 2.56. The van der Waals surface area contributed by atoms with Crippen LogP contribution in [0.25, 0.3) is 0 Å². The molecular formula is C15H9BrF2O3. The number of carbonyl (C=O) groups excluding carboxylic acids is 1. The van der Waals surface area contributed by atoms with Crippen molar-refractivity contribution in [1.29, 1.82) is 0 Å². The first kappa shape index (κ1) is 14.0. The van der Waals surface area contributed by atoms with Gasteiger partial charge in [0.25, 0.3) is 0 Å². The van der Waals surface area contributed by atoms with E-state index in [1.165, 1.54) is 6.07 Å². The first-order valence-corrected chi connectivity index (χ1v) is 6.94. The van der Waals surface area contributed by atoms with E-state index in [-0.39, 0.29) is 11.1 Å². The lowest BCUT2D eigenvalue weighted by molar-refractivity contribution is 0.103. The fraction of sp³-hybridized carbons (Fsp3) is 0.133. The highest BCUT2D eigenvalue weighted by Gasteiger charge is 2.21. The zero-order valence-electron chi connectivity index (χ0n) is 10.7. The maximum Gasteiger partial charge on any atom is 0.197 e. The van der Waals surface area contributed by atoms with E-state index in [2.05, 4.69) is 15.9 Å². The minimum atomic E-state index is -0.901. The smallest absolute Gasteiger partial charge is 0.197 e. The summed E-state index contributed by atoms with van der Waals surface area (Å²) >= 11 is 3.26. The van der Waals surface area contributed by atoms with Crippen molar-refractivity contribution in [3.05, 3.63) is 57.6 Å². The summed E-state index contributed by atoms with van der Waals surface area (Å²) in [6.45, 7) is 0.812. The molecule has 0 saturated heterocycles. The molecule has 108 valence electrons. The molecule has 2 aromatic rings. The molecule has 0 amide bonds. The van der Waals surface area contributed by atoms with Gasteiger partial charge in [-0.2, -0.15) is 0 Å². The van der Waals surface area contributed by atoms with E-state index in [0.29, 0.717) is 35.3 Å². The molecule has 0 atom stereocenters. The zero-order chi connectivity index (χ0) is 15.0. The van der Waals surface area contributed by atoms with Gasteiger partial charge in [0, 0.05) is 16.1 Å². The lowest BCUT2D eigenvalue weighted by atomic mass is 10.0. The standard InChI is InChI=1S/C15H9BrF2O3/c16-11-7-14-13(20-3-4-21-14)6-10(11)15(19)9-2-1-8(17)5-12(9)18/h1-2,5-7H,3-4H2. The number of benzene rings is 2. The van der Waals surface area contributed by atoms with Crippen LogP contribution in [0.3, 0.4) is 0 Å². The molecule has 3 nitrogen and oxygen atoms in total. The molecule has 0 aliphatic carbocycles. The Kier molecular flexibility index (Phi) is 3.63. The predicted octanol–water partition coefficient (Wildman–Crippen LogP) is 3.73. The quantitative estimate of drug-likeness (QED) is 0.771. The molecule has 0 unspecified atom stereocenters. The highest BCUT2D eigenvalue weighted by atomic mass is 79.9. The highest BCUT2D eigenvalue weighted by Crippen LogP contribution is 2.36. The Bertz CT molecular complexity index is 731. The van der Waals surface area contributed by atoms with Crippen LogP contribution in [-0.4, -0.2) is 19.0 Å². The molecule has 1 heterocycles. The van der Waals surface area contributed by atoms with E-state index in [4.69, 9.17) is 9.47 Å². The Morgan fingerprint density at radius 1 is 1.00 bits per heavy atom. The summed E-state index contributed by atoms with van der Waals surface area (Å²) in [5.41, 5.74) is 0.0264. The van der Waals surface area contributed by atoms with E-state index in [1.54, 1.807) is 6.07 Å². The van der Waals surface area contributed by atoms with Crippen molar-refractivity contribution in [2.45, 2.75) is 0 Å². The van der Waals surface area contributed by atoms with E-state index in [1.807, 2.05) is 0 Å². The fourth-order valence-electron chi connectivity index (χ4n) is 2.06. The Morgan fingerprint density at radius 3 is 2.33 bits per heavy atom. The number of fused-ring (bicyclic) bond motifs is 1. The largest absolute Gasteiger partial charge is 0.486 e. The van der Waals surface area contributed by atoms with Crippen LogP contribution in [0.15, 0.2) is 34.8 Å². The second-order valence-corrected chi connectivity index (χ2v) is 5.28.